The van der Waals surface area contributed by atoms with E-state index in [0.29, 0.717) is 0 Å². The quantitative estimate of drug-likeness (QED) is 0.293. The molecular weight excluding hydrogens is 249 g/mol. The molecule has 12 heteroatoms. The van der Waals surface area contributed by atoms with Crippen LogP contribution in [0.15, 0.2) is 0 Å². The Kier molecular flexibility index (Phi) is 12.4. The van der Waals surface area contributed by atoms with Crippen LogP contribution in [0.2, 0.25) is 0 Å². The molecule has 0 spiro atoms. The van der Waals surface area contributed by atoms with Gasteiger partial charge in [-0.2, -0.15) is 0 Å². The van der Waals surface area contributed by atoms with E-state index in [1.807, 2.05) is 0 Å². The van der Waals surface area contributed by atoms with E-state index < -0.39 is 15.6 Å². The van der Waals surface area contributed by atoms with Crippen LogP contribution in [0.5, 0.6) is 0 Å². The van der Waals surface area contributed by atoms with Crippen LogP contribution in [-0.4, -0.2) is 62.2 Å². The normalized spacial score (nSPS) is 10.8. The Hall–Kier alpha value is 1.41. The van der Waals surface area contributed by atoms with Gasteiger partial charge in [-0.25, -0.2) is 9.13 Å². The SMILES string of the molecule is O=P(O)(O)O.O=P(O)(O)OF.[Ca+2].[H-].[H-]. The van der Waals surface area contributed by atoms with Gasteiger partial charge in [-0.15, -0.1) is 0 Å². The molecule has 8 nitrogen and oxygen atoms in total. The standard InChI is InChI=1S/Ca.FH2O4P.H3O4P.2H/c;1-5-6(2,3)4;1-5(2,3)4;;/h;(H2,2,3,4);(H3,1,2,3,4);;/q+2;;;2*-1. The number of hydrogen-bond donors (Lipinski definition) is 5. The molecule has 0 fully saturated rings. The zero-order valence-corrected chi connectivity index (χ0v) is 9.44. The third-order valence-corrected chi connectivity index (χ3v) is 0.270. The van der Waals surface area contributed by atoms with Crippen molar-refractivity contribution in [3.8, 4) is 0 Å². The van der Waals surface area contributed by atoms with Crippen molar-refractivity contribution in [2.24, 2.45) is 0 Å². The average Bonchev–Trinajstić information content (AvgIpc) is 1.59. The van der Waals surface area contributed by atoms with Gasteiger partial charge in [0.25, 0.3) is 0 Å². The van der Waals surface area contributed by atoms with Gasteiger partial charge in [-0.3, -0.25) is 0 Å². The first kappa shape index (κ1) is 19.1. The Morgan fingerprint density at radius 3 is 1.17 bits per heavy atom. The van der Waals surface area contributed by atoms with Gasteiger partial charge in [-0.05, 0) is 4.53 Å². The van der Waals surface area contributed by atoms with Crippen molar-refractivity contribution in [1.82, 2.24) is 0 Å². The van der Waals surface area contributed by atoms with E-state index in [4.69, 9.17) is 33.6 Å². The minimum absolute atomic E-state index is 0. The molecule has 0 amide bonds. The van der Waals surface area contributed by atoms with E-state index in [-0.39, 0.29) is 40.6 Å². The summed E-state index contributed by atoms with van der Waals surface area (Å²) >= 11 is 0. The first-order valence-electron chi connectivity index (χ1n) is 1.70. The molecule has 5 N–H and O–H groups in total. The van der Waals surface area contributed by atoms with Gasteiger partial charge in [0.05, 0.1) is 0 Å². The van der Waals surface area contributed by atoms with E-state index in [9.17, 15) is 4.53 Å². The molecule has 0 aromatic carbocycles. The summed E-state index contributed by atoms with van der Waals surface area (Å²) in [6, 6.07) is 0. The molecule has 0 aliphatic carbocycles. The van der Waals surface area contributed by atoms with Gasteiger partial charge < -0.3 is 27.3 Å². The molecule has 0 saturated carbocycles. The third-order valence-electron chi connectivity index (χ3n) is 0.0899. The van der Waals surface area contributed by atoms with Crippen LogP contribution in [0.1, 0.15) is 2.85 Å². The number of halogens is 1. The van der Waals surface area contributed by atoms with Crippen molar-refractivity contribution in [2.45, 2.75) is 0 Å². The van der Waals surface area contributed by atoms with Crippen LogP contribution in [0.3, 0.4) is 0 Å². The van der Waals surface area contributed by atoms with Crippen molar-refractivity contribution in [3.05, 3.63) is 0 Å². The predicted molar refractivity (Wildman–Crippen MR) is 36.5 cm³/mol. The van der Waals surface area contributed by atoms with Crippen molar-refractivity contribution in [3.63, 3.8) is 0 Å². The summed E-state index contributed by atoms with van der Waals surface area (Å²) in [5.74, 6) is 0. The second-order valence-corrected chi connectivity index (χ2v) is 3.22. The fourth-order valence-corrected chi connectivity index (χ4v) is 0. The minimum atomic E-state index is -4.81. The molecule has 0 aliphatic heterocycles. The zero-order chi connectivity index (χ0) is 9.71. The molecule has 0 unspecified atom stereocenters. The zero-order valence-electron chi connectivity index (χ0n) is 7.44. The molecule has 12 heavy (non-hydrogen) atoms. The van der Waals surface area contributed by atoms with Crippen molar-refractivity contribution >= 4 is 53.4 Å². The second-order valence-electron chi connectivity index (χ2n) is 1.07. The van der Waals surface area contributed by atoms with Crippen molar-refractivity contribution in [1.29, 1.82) is 0 Å². The van der Waals surface area contributed by atoms with Gasteiger partial charge in [0.1, 0.15) is 0 Å². The first-order chi connectivity index (χ1) is 4.56. The predicted octanol–water partition coefficient (Wildman–Crippen LogP) is -1.10. The minimum Gasteiger partial charge on any atom is -1.00 e. The van der Waals surface area contributed by atoms with Crippen LogP contribution in [0.4, 0.5) is 4.53 Å². The molecule has 0 saturated heterocycles. The van der Waals surface area contributed by atoms with E-state index in [1.165, 1.54) is 0 Å². The summed E-state index contributed by atoms with van der Waals surface area (Å²) in [5, 5.41) is 0. The van der Waals surface area contributed by atoms with E-state index in [0.717, 1.165) is 0 Å². The Balaban J connectivity index is -0.0000000321. The van der Waals surface area contributed by atoms with E-state index in [2.05, 4.69) is 4.73 Å². The number of hydrogen-bond acceptors (Lipinski definition) is 3. The van der Waals surface area contributed by atoms with Gasteiger partial charge in [0, 0.05) is 0 Å². The fraction of sp³-hybridized carbons (Fsp3) is 0. The summed E-state index contributed by atoms with van der Waals surface area (Å²) < 4.78 is 30.3. The Bertz CT molecular complexity index is 178. The molecular formula is H7CaFO8P2. The summed E-state index contributed by atoms with van der Waals surface area (Å²) in [4.78, 5) is 36.2. The fourth-order valence-electron chi connectivity index (χ4n) is 0. The average molecular weight is 256 g/mol. The van der Waals surface area contributed by atoms with Crippen LogP contribution >= 0.6 is 15.6 Å². The van der Waals surface area contributed by atoms with E-state index >= 15 is 0 Å². The Morgan fingerprint density at radius 1 is 1.08 bits per heavy atom. The summed E-state index contributed by atoms with van der Waals surface area (Å²) in [6.45, 7) is 0. The molecule has 0 aromatic heterocycles. The maximum Gasteiger partial charge on any atom is 2.00 e. The van der Waals surface area contributed by atoms with Gasteiger partial charge in [0.2, 0.25) is 0 Å². The van der Waals surface area contributed by atoms with Gasteiger partial charge in [0.15, 0.2) is 0 Å². The smallest absolute Gasteiger partial charge is 1.00 e. The number of rotatable bonds is 1. The number of phosphoric acid groups is 2. The van der Waals surface area contributed by atoms with Crippen molar-refractivity contribution < 1.29 is 45.7 Å². The molecule has 0 aromatic rings. The summed E-state index contributed by atoms with van der Waals surface area (Å²) in [5.41, 5.74) is 0. The van der Waals surface area contributed by atoms with Crippen LogP contribution in [-0.2, 0) is 13.9 Å². The molecule has 0 atom stereocenters. The van der Waals surface area contributed by atoms with Gasteiger partial charge >= 0.3 is 53.4 Å². The van der Waals surface area contributed by atoms with Crippen LogP contribution in [0, 0.1) is 0 Å². The molecule has 0 aliphatic rings. The maximum atomic E-state index is 10.2. The Morgan fingerprint density at radius 2 is 1.17 bits per heavy atom. The topological polar surface area (TPSA) is 145 Å². The largest absolute Gasteiger partial charge is 2.00 e. The van der Waals surface area contributed by atoms with Crippen LogP contribution in [0.25, 0.3) is 0 Å². The third kappa shape index (κ3) is 63.6. The van der Waals surface area contributed by atoms with Gasteiger partial charge in [-0.1, -0.05) is 4.73 Å². The molecule has 74 valence electrons. The molecule has 0 radical (unpaired) electrons. The summed E-state index contributed by atoms with van der Waals surface area (Å²) in [7, 11) is -9.45. The maximum absolute atomic E-state index is 10.2. The molecule has 0 rings (SSSR count). The summed E-state index contributed by atoms with van der Waals surface area (Å²) in [6.07, 6.45) is 0. The second kappa shape index (κ2) is 7.78. The molecule has 0 heterocycles. The molecule has 0 bridgehead atoms. The van der Waals surface area contributed by atoms with Crippen LogP contribution < -0.4 is 0 Å². The van der Waals surface area contributed by atoms with Crippen molar-refractivity contribution in [2.75, 3.05) is 0 Å². The first-order valence-corrected chi connectivity index (χ1v) is 4.80. The monoisotopic (exact) mass is 256 g/mol. The van der Waals surface area contributed by atoms with E-state index in [1.54, 1.807) is 0 Å². The Labute approximate surface area is 98.7 Å².